The number of fused-ring (bicyclic) bond motifs is 1. The van der Waals surface area contributed by atoms with Gasteiger partial charge in [0, 0.05) is 49.9 Å². The molecule has 0 saturated carbocycles. The fraction of sp³-hybridized carbons (Fsp3) is 0.342. The summed E-state index contributed by atoms with van der Waals surface area (Å²) in [4.78, 5) is 62.6. The van der Waals surface area contributed by atoms with Gasteiger partial charge in [0.05, 0.1) is 41.7 Å². The lowest BCUT2D eigenvalue weighted by Gasteiger charge is -2.32. The molecule has 2 heterocycles. The maximum absolute atomic E-state index is 13.7. The molecule has 1 saturated heterocycles. The van der Waals surface area contributed by atoms with Crippen molar-refractivity contribution in [3.8, 4) is 5.88 Å². The van der Waals surface area contributed by atoms with Crippen LogP contribution < -0.4 is 10.2 Å². The third-order valence-corrected chi connectivity index (χ3v) is 8.49. The first-order valence-electron chi connectivity index (χ1n) is 16.6. The normalized spacial score (nSPS) is 14.3. The number of hydrogen-bond donors (Lipinski definition) is 2. The van der Waals surface area contributed by atoms with Crippen molar-refractivity contribution in [2.75, 3.05) is 65.4 Å². The number of esters is 1. The van der Waals surface area contributed by atoms with Crippen molar-refractivity contribution >= 4 is 51.9 Å². The number of carbonyl (C=O) groups excluding carboxylic acids is 4. The second-order valence-electron chi connectivity index (χ2n) is 13.4. The molecule has 1 aliphatic heterocycles. The maximum atomic E-state index is 13.7. The molecule has 3 aromatic carbocycles. The summed E-state index contributed by atoms with van der Waals surface area (Å²) in [5.41, 5.74) is 2.04. The average molecular weight is 697 g/mol. The van der Waals surface area contributed by atoms with Crippen molar-refractivity contribution in [1.29, 1.82) is 0 Å². The second kappa shape index (κ2) is 15.6. The van der Waals surface area contributed by atoms with Gasteiger partial charge in [-0.3, -0.25) is 14.5 Å². The molecule has 1 aliphatic rings. The molecule has 13 nitrogen and oxygen atoms in total. The van der Waals surface area contributed by atoms with Crippen molar-refractivity contribution in [3.63, 3.8) is 0 Å². The van der Waals surface area contributed by atoms with Gasteiger partial charge in [0.1, 0.15) is 12.1 Å². The molecule has 1 fully saturated rings. The van der Waals surface area contributed by atoms with Crippen LogP contribution in [0, 0.1) is 0 Å². The largest absolute Gasteiger partial charge is 0.494 e. The summed E-state index contributed by atoms with van der Waals surface area (Å²) < 4.78 is 11.2. The van der Waals surface area contributed by atoms with Crippen LogP contribution in [0.25, 0.3) is 10.9 Å². The highest BCUT2D eigenvalue weighted by Gasteiger charge is 2.27. The minimum Gasteiger partial charge on any atom is -0.494 e. The minimum absolute atomic E-state index is 0.0179. The molecule has 0 atom stereocenters. The fourth-order valence-corrected chi connectivity index (χ4v) is 5.73. The Morgan fingerprint density at radius 1 is 0.922 bits per heavy atom. The van der Waals surface area contributed by atoms with E-state index in [9.17, 15) is 24.3 Å². The van der Waals surface area contributed by atoms with Crippen LogP contribution >= 0.6 is 0 Å². The van der Waals surface area contributed by atoms with Gasteiger partial charge in [-0.25, -0.2) is 19.1 Å². The van der Waals surface area contributed by atoms with Gasteiger partial charge in [-0.05, 0) is 64.2 Å². The topological polar surface area (TPSA) is 146 Å². The SMILES string of the molecule is COC(=O)c1ccc2c(C(=Nc3ccc(N(C)C(=O)CN4CCN(C)CC4)cc3)c3ccccc3)c(O)n(C(=O)CNC(=O)OC(C)(C)C)c2c1. The number of rotatable bonds is 9. The summed E-state index contributed by atoms with van der Waals surface area (Å²) in [5.74, 6) is -1.76. The van der Waals surface area contributed by atoms with Crippen LogP contribution in [0.2, 0.25) is 0 Å². The number of anilines is 1. The van der Waals surface area contributed by atoms with Gasteiger partial charge in [-0.1, -0.05) is 36.4 Å². The number of piperazine rings is 1. The zero-order valence-corrected chi connectivity index (χ0v) is 29.8. The minimum atomic E-state index is -0.802. The quantitative estimate of drug-likeness (QED) is 0.188. The van der Waals surface area contributed by atoms with Crippen LogP contribution in [0.3, 0.4) is 0 Å². The highest BCUT2D eigenvalue weighted by Crippen LogP contribution is 2.36. The van der Waals surface area contributed by atoms with Crippen molar-refractivity contribution in [2.24, 2.45) is 4.99 Å². The summed E-state index contributed by atoms with van der Waals surface area (Å²) in [7, 11) is 5.07. The predicted octanol–water partition coefficient (Wildman–Crippen LogP) is 4.68. The van der Waals surface area contributed by atoms with E-state index in [0.717, 1.165) is 30.7 Å². The molecule has 5 rings (SSSR count). The number of nitrogens with zero attached hydrogens (tertiary/aromatic N) is 5. The molecule has 4 aromatic rings. The van der Waals surface area contributed by atoms with Crippen LogP contribution in [0.5, 0.6) is 5.88 Å². The number of benzene rings is 3. The highest BCUT2D eigenvalue weighted by molar-refractivity contribution is 6.23. The molecule has 13 heteroatoms. The Morgan fingerprint density at radius 3 is 2.22 bits per heavy atom. The van der Waals surface area contributed by atoms with Crippen LogP contribution in [-0.2, 0) is 14.3 Å². The standard InChI is InChI=1S/C38H44N6O7/c1-38(2,3)51-37(49)39-23-31(45)44-30-22-26(36(48)50-6)12-17-29(30)33(35(44)47)34(25-10-8-7-9-11-25)40-27-13-15-28(16-14-27)42(5)32(46)24-43-20-18-41(4)19-21-43/h7-17,22,47H,18-21,23-24H2,1-6H3,(H,39,49). The Hall–Kier alpha value is -5.53. The Morgan fingerprint density at radius 2 is 1.59 bits per heavy atom. The Balaban J connectivity index is 1.53. The van der Waals surface area contributed by atoms with E-state index in [1.54, 1.807) is 63.1 Å². The molecule has 0 spiro atoms. The van der Waals surface area contributed by atoms with Crippen LogP contribution in [-0.4, -0.2) is 115 Å². The van der Waals surface area contributed by atoms with Crippen molar-refractivity contribution < 1.29 is 33.8 Å². The van der Waals surface area contributed by atoms with Gasteiger partial charge in [0.25, 0.3) is 5.91 Å². The number of aromatic nitrogens is 1. The van der Waals surface area contributed by atoms with Crippen molar-refractivity contribution in [3.05, 3.63) is 89.5 Å². The first kappa shape index (κ1) is 36.7. The van der Waals surface area contributed by atoms with E-state index in [0.29, 0.717) is 34.6 Å². The summed E-state index contributed by atoms with van der Waals surface area (Å²) in [5, 5.41) is 14.7. The van der Waals surface area contributed by atoms with Gasteiger partial charge in [-0.2, -0.15) is 0 Å². The zero-order chi connectivity index (χ0) is 36.9. The monoisotopic (exact) mass is 696 g/mol. The van der Waals surface area contributed by atoms with Crippen LogP contribution in [0.4, 0.5) is 16.2 Å². The van der Waals surface area contributed by atoms with E-state index in [2.05, 4.69) is 22.2 Å². The van der Waals surface area contributed by atoms with E-state index in [1.807, 2.05) is 30.3 Å². The second-order valence-corrected chi connectivity index (χ2v) is 13.4. The van der Waals surface area contributed by atoms with Crippen LogP contribution in [0.1, 0.15) is 47.1 Å². The average Bonchev–Trinajstić information content (AvgIpc) is 3.40. The number of nitrogens with one attached hydrogen (secondary N) is 1. The molecule has 0 bridgehead atoms. The number of likely N-dealkylation sites (N-methyl/N-ethyl adjacent to an activating group) is 2. The van der Waals surface area contributed by atoms with Gasteiger partial charge in [0.15, 0.2) is 0 Å². The van der Waals surface area contributed by atoms with Gasteiger partial charge < -0.3 is 29.7 Å². The van der Waals surface area contributed by atoms with E-state index >= 15 is 0 Å². The van der Waals surface area contributed by atoms with E-state index in [4.69, 9.17) is 14.5 Å². The molecule has 1 aromatic heterocycles. The number of alkyl carbamates (subject to hydrolysis) is 1. The molecule has 0 radical (unpaired) electrons. The molecule has 2 amide bonds. The number of methoxy groups -OCH3 is 1. The number of aromatic hydroxyl groups is 1. The Bertz CT molecular complexity index is 1940. The molecule has 2 N–H and O–H groups in total. The Kier molecular flexibility index (Phi) is 11.2. The lowest BCUT2D eigenvalue weighted by Crippen LogP contribution is -2.48. The number of hydrogen-bond acceptors (Lipinski definition) is 10. The summed E-state index contributed by atoms with van der Waals surface area (Å²) in [6.45, 7) is 8.44. The fourth-order valence-electron chi connectivity index (χ4n) is 5.73. The smallest absolute Gasteiger partial charge is 0.408 e. The lowest BCUT2D eigenvalue weighted by molar-refractivity contribution is -0.119. The van der Waals surface area contributed by atoms with Crippen LogP contribution in [0.15, 0.2) is 77.8 Å². The maximum Gasteiger partial charge on any atom is 0.408 e. The first-order chi connectivity index (χ1) is 24.3. The summed E-state index contributed by atoms with van der Waals surface area (Å²) in [6, 6.07) is 20.9. The third kappa shape index (κ3) is 8.80. The van der Waals surface area contributed by atoms with Crippen molar-refractivity contribution in [1.82, 2.24) is 19.7 Å². The third-order valence-electron chi connectivity index (χ3n) is 8.49. The molecular weight excluding hydrogens is 652 g/mol. The van der Waals surface area contributed by atoms with Crippen molar-refractivity contribution in [2.45, 2.75) is 26.4 Å². The molecular formula is C38H44N6O7. The summed E-state index contributed by atoms with van der Waals surface area (Å²) >= 11 is 0. The number of amides is 2. The lowest BCUT2D eigenvalue weighted by atomic mass is 10.00. The Labute approximate surface area is 297 Å². The van der Waals surface area contributed by atoms with E-state index in [-0.39, 0.29) is 22.6 Å². The zero-order valence-electron chi connectivity index (χ0n) is 29.8. The first-order valence-corrected chi connectivity index (χ1v) is 16.6. The summed E-state index contributed by atoms with van der Waals surface area (Å²) in [6.07, 6.45) is -0.802. The van der Waals surface area contributed by atoms with E-state index < -0.39 is 36.0 Å². The number of carbonyl (C=O) groups is 4. The molecule has 0 aliphatic carbocycles. The number of ether oxygens (including phenoxy) is 2. The highest BCUT2D eigenvalue weighted by atomic mass is 16.6. The molecule has 0 unspecified atom stereocenters. The van der Waals surface area contributed by atoms with Gasteiger partial charge in [0.2, 0.25) is 11.8 Å². The molecule has 51 heavy (non-hydrogen) atoms. The van der Waals surface area contributed by atoms with Gasteiger partial charge >= 0.3 is 12.1 Å². The predicted molar refractivity (Wildman–Crippen MR) is 195 cm³/mol. The van der Waals surface area contributed by atoms with E-state index in [1.165, 1.54) is 19.2 Å². The molecule has 268 valence electrons. The number of aliphatic imine (C=N–C) groups is 1. The van der Waals surface area contributed by atoms with Gasteiger partial charge in [-0.15, -0.1) is 0 Å².